The van der Waals surface area contributed by atoms with Crippen molar-refractivity contribution in [3.8, 4) is 0 Å². The van der Waals surface area contributed by atoms with E-state index in [-0.39, 0.29) is 18.6 Å². The third kappa shape index (κ3) is 4.14. The highest BCUT2D eigenvalue weighted by Crippen LogP contribution is 2.11. The monoisotopic (exact) mass is 212 g/mol. The summed E-state index contributed by atoms with van der Waals surface area (Å²) < 4.78 is 10.1. The molecule has 0 aromatic carbocycles. The minimum absolute atomic E-state index is 0.0300. The maximum absolute atomic E-state index is 11.3. The second-order valence-electron chi connectivity index (χ2n) is 3.15. The van der Waals surface area contributed by atoms with Crippen molar-refractivity contribution in [3.05, 3.63) is 24.2 Å². The van der Waals surface area contributed by atoms with Gasteiger partial charge < -0.3 is 20.2 Å². The van der Waals surface area contributed by atoms with Crippen LogP contribution in [0.5, 0.6) is 0 Å². The molecule has 1 aromatic heterocycles. The number of amides is 1. The van der Waals surface area contributed by atoms with Gasteiger partial charge in [0, 0.05) is 6.54 Å². The van der Waals surface area contributed by atoms with Crippen LogP contribution in [-0.2, 0) is 9.53 Å². The van der Waals surface area contributed by atoms with Gasteiger partial charge in [-0.1, -0.05) is 0 Å². The Morgan fingerprint density at radius 3 is 3.13 bits per heavy atom. The first-order chi connectivity index (χ1) is 7.24. The van der Waals surface area contributed by atoms with Crippen LogP contribution in [0.3, 0.4) is 0 Å². The largest absolute Gasteiger partial charge is 0.467 e. The number of nitrogens with two attached hydrogens (primary N) is 1. The maximum Gasteiger partial charge on any atom is 0.246 e. The average molecular weight is 212 g/mol. The number of nitrogens with one attached hydrogen (secondary N) is 1. The fourth-order valence-corrected chi connectivity index (χ4v) is 1.14. The van der Waals surface area contributed by atoms with Crippen molar-refractivity contribution in [2.45, 2.75) is 13.0 Å². The fourth-order valence-electron chi connectivity index (χ4n) is 1.14. The molecule has 0 saturated heterocycles. The van der Waals surface area contributed by atoms with Gasteiger partial charge in [0.2, 0.25) is 5.91 Å². The van der Waals surface area contributed by atoms with Gasteiger partial charge >= 0.3 is 0 Å². The second kappa shape index (κ2) is 6.21. The molecule has 1 atom stereocenters. The molecule has 0 spiro atoms. The number of carbonyl (C=O) groups is 1. The lowest BCUT2D eigenvalue weighted by atomic mass is 10.2. The molecule has 3 N–H and O–H groups in total. The number of hydrogen-bond acceptors (Lipinski definition) is 4. The zero-order valence-electron chi connectivity index (χ0n) is 8.73. The number of rotatable bonds is 6. The Hall–Kier alpha value is -1.33. The molecular formula is C10H16N2O3. The Morgan fingerprint density at radius 1 is 1.73 bits per heavy atom. The predicted molar refractivity (Wildman–Crippen MR) is 55.1 cm³/mol. The Kier molecular flexibility index (Phi) is 4.86. The highest BCUT2D eigenvalue weighted by atomic mass is 16.5. The van der Waals surface area contributed by atoms with E-state index in [0.29, 0.717) is 13.2 Å². The Bertz CT molecular complexity index is 285. The molecule has 84 valence electrons. The number of carbonyl (C=O) groups excluding carboxylic acids is 1. The highest BCUT2D eigenvalue weighted by molar-refractivity contribution is 5.77. The van der Waals surface area contributed by atoms with Crippen molar-refractivity contribution in [1.82, 2.24) is 5.32 Å². The Balaban J connectivity index is 2.26. The zero-order chi connectivity index (χ0) is 11.1. The number of ether oxygens (including phenoxy) is 1. The first-order valence-corrected chi connectivity index (χ1v) is 4.84. The van der Waals surface area contributed by atoms with E-state index >= 15 is 0 Å². The molecule has 1 heterocycles. The molecule has 0 aliphatic rings. The van der Waals surface area contributed by atoms with Gasteiger partial charge in [0.1, 0.15) is 12.4 Å². The smallest absolute Gasteiger partial charge is 0.246 e. The molecule has 15 heavy (non-hydrogen) atoms. The van der Waals surface area contributed by atoms with Gasteiger partial charge in [-0.2, -0.15) is 0 Å². The van der Waals surface area contributed by atoms with E-state index in [1.54, 1.807) is 12.3 Å². The third-order valence-electron chi connectivity index (χ3n) is 1.84. The quantitative estimate of drug-likeness (QED) is 0.670. The SMILES string of the molecule is C[C@H](NC(=O)COCCN)c1ccco1. The summed E-state index contributed by atoms with van der Waals surface area (Å²) >= 11 is 0. The highest BCUT2D eigenvalue weighted by Gasteiger charge is 2.11. The minimum atomic E-state index is -0.174. The standard InChI is InChI=1S/C10H16N2O3/c1-8(9-3-2-5-15-9)12-10(13)7-14-6-4-11/h2-3,5,8H,4,6-7,11H2,1H3,(H,12,13)/t8-/m0/s1. The summed E-state index contributed by atoms with van der Waals surface area (Å²) in [4.78, 5) is 11.3. The molecule has 0 saturated carbocycles. The van der Waals surface area contributed by atoms with Gasteiger partial charge in [-0.25, -0.2) is 0 Å². The molecule has 1 rings (SSSR count). The average Bonchev–Trinajstić information content (AvgIpc) is 2.70. The summed E-state index contributed by atoms with van der Waals surface area (Å²) in [5.74, 6) is 0.550. The van der Waals surface area contributed by atoms with Crippen LogP contribution < -0.4 is 11.1 Å². The summed E-state index contributed by atoms with van der Waals surface area (Å²) in [5, 5.41) is 2.74. The summed E-state index contributed by atoms with van der Waals surface area (Å²) in [7, 11) is 0. The number of furan rings is 1. The van der Waals surface area contributed by atoms with Gasteiger partial charge in [-0.3, -0.25) is 4.79 Å². The lowest BCUT2D eigenvalue weighted by Crippen LogP contribution is -2.30. The zero-order valence-corrected chi connectivity index (χ0v) is 8.73. The van der Waals surface area contributed by atoms with Crippen LogP contribution in [0.1, 0.15) is 18.7 Å². The van der Waals surface area contributed by atoms with Crippen LogP contribution in [0.25, 0.3) is 0 Å². The van der Waals surface area contributed by atoms with Crippen LogP contribution in [0.15, 0.2) is 22.8 Å². The van der Waals surface area contributed by atoms with Crippen LogP contribution in [0, 0.1) is 0 Å². The van der Waals surface area contributed by atoms with Crippen molar-refractivity contribution in [1.29, 1.82) is 0 Å². The molecule has 0 radical (unpaired) electrons. The topological polar surface area (TPSA) is 77.5 Å². The molecule has 5 nitrogen and oxygen atoms in total. The van der Waals surface area contributed by atoms with Gasteiger partial charge in [0.05, 0.1) is 18.9 Å². The minimum Gasteiger partial charge on any atom is -0.467 e. The molecule has 1 aromatic rings. The molecule has 0 aliphatic carbocycles. The van der Waals surface area contributed by atoms with E-state index in [2.05, 4.69) is 5.32 Å². The summed E-state index contributed by atoms with van der Waals surface area (Å²) in [6.45, 7) is 2.69. The molecule has 0 bridgehead atoms. The normalized spacial score (nSPS) is 12.4. The van der Waals surface area contributed by atoms with Crippen LogP contribution >= 0.6 is 0 Å². The fraction of sp³-hybridized carbons (Fsp3) is 0.500. The molecule has 0 fully saturated rings. The van der Waals surface area contributed by atoms with Gasteiger partial charge in [0.25, 0.3) is 0 Å². The number of hydrogen-bond donors (Lipinski definition) is 2. The first kappa shape index (κ1) is 11.7. The van der Waals surface area contributed by atoms with Crippen molar-refractivity contribution < 1.29 is 13.9 Å². The molecule has 0 unspecified atom stereocenters. The third-order valence-corrected chi connectivity index (χ3v) is 1.84. The molecule has 0 aliphatic heterocycles. The second-order valence-corrected chi connectivity index (χ2v) is 3.15. The van der Waals surface area contributed by atoms with Crippen molar-refractivity contribution in [2.24, 2.45) is 5.73 Å². The summed E-state index contributed by atoms with van der Waals surface area (Å²) in [6, 6.07) is 3.45. The van der Waals surface area contributed by atoms with Gasteiger partial charge in [-0.05, 0) is 19.1 Å². The van der Waals surface area contributed by atoms with Crippen LogP contribution in [-0.4, -0.2) is 25.7 Å². The predicted octanol–water partition coefficient (Wildman–Crippen LogP) is 0.432. The lowest BCUT2D eigenvalue weighted by Gasteiger charge is -2.11. The Morgan fingerprint density at radius 2 is 2.53 bits per heavy atom. The van der Waals surface area contributed by atoms with Crippen molar-refractivity contribution in [2.75, 3.05) is 19.8 Å². The Labute approximate surface area is 88.6 Å². The van der Waals surface area contributed by atoms with E-state index in [9.17, 15) is 4.79 Å². The summed E-state index contributed by atoms with van der Waals surface area (Å²) in [6.07, 6.45) is 1.57. The van der Waals surface area contributed by atoms with Crippen LogP contribution in [0.4, 0.5) is 0 Å². The van der Waals surface area contributed by atoms with E-state index in [1.807, 2.05) is 13.0 Å². The van der Waals surface area contributed by atoms with Crippen molar-refractivity contribution in [3.63, 3.8) is 0 Å². The van der Waals surface area contributed by atoms with Crippen LogP contribution in [0.2, 0.25) is 0 Å². The first-order valence-electron chi connectivity index (χ1n) is 4.84. The van der Waals surface area contributed by atoms with Gasteiger partial charge in [0.15, 0.2) is 0 Å². The van der Waals surface area contributed by atoms with Gasteiger partial charge in [-0.15, -0.1) is 0 Å². The lowest BCUT2D eigenvalue weighted by molar-refractivity contribution is -0.126. The van der Waals surface area contributed by atoms with E-state index in [4.69, 9.17) is 14.9 Å². The van der Waals surface area contributed by atoms with E-state index < -0.39 is 0 Å². The van der Waals surface area contributed by atoms with E-state index in [0.717, 1.165) is 5.76 Å². The maximum atomic E-state index is 11.3. The molecule has 5 heteroatoms. The van der Waals surface area contributed by atoms with E-state index in [1.165, 1.54) is 0 Å². The summed E-state index contributed by atoms with van der Waals surface area (Å²) in [5.41, 5.74) is 5.22. The molecular weight excluding hydrogens is 196 g/mol. The van der Waals surface area contributed by atoms with Crippen molar-refractivity contribution >= 4 is 5.91 Å². The molecule has 1 amide bonds.